The van der Waals surface area contributed by atoms with Gasteiger partial charge in [0.2, 0.25) is 0 Å². The standard InChI is InChI=1S/C34H46N6O3/c1-33(2,3)43-32(41)40-19-18-39(22-26(40)13-16-35)30-28-12-15-34(14-11-24-8-5-6-9-25(24)20-34)21-29(28)36-31(37-30)42-23-27-10-7-17-38(27)4/h5-6,8-9,26-27H,7,10-15,17-23H2,1-4H3/t26?,27-,34-/m0/s1. The average molecular weight is 587 g/mol. The van der Waals surface area contributed by atoms with Crippen LogP contribution in [0, 0.1) is 16.7 Å². The summed E-state index contributed by atoms with van der Waals surface area (Å²) in [6.07, 6.45) is 8.52. The molecule has 0 saturated carbocycles. The minimum Gasteiger partial charge on any atom is -0.462 e. The van der Waals surface area contributed by atoms with Crippen molar-refractivity contribution in [2.45, 2.75) is 96.2 Å². The third-order valence-corrected chi connectivity index (χ3v) is 9.92. The molecule has 0 radical (unpaired) electrons. The van der Waals surface area contributed by atoms with E-state index in [1.807, 2.05) is 20.8 Å². The van der Waals surface area contributed by atoms with Gasteiger partial charge in [-0.2, -0.15) is 15.2 Å². The van der Waals surface area contributed by atoms with Gasteiger partial charge in [0.1, 0.15) is 18.0 Å². The van der Waals surface area contributed by atoms with Crippen molar-refractivity contribution in [3.05, 3.63) is 46.6 Å². The van der Waals surface area contributed by atoms with Crippen LogP contribution in [0.4, 0.5) is 10.6 Å². The molecule has 0 bridgehead atoms. The van der Waals surface area contributed by atoms with E-state index in [0.717, 1.165) is 56.6 Å². The van der Waals surface area contributed by atoms with Crippen molar-refractivity contribution in [1.29, 1.82) is 5.26 Å². The molecule has 6 rings (SSSR count). The second-order valence-corrected chi connectivity index (χ2v) is 14.1. The second kappa shape index (κ2) is 12.0. The molecule has 2 aromatic rings. The number of likely N-dealkylation sites (N-methyl/N-ethyl adjacent to an activating group) is 1. The number of nitriles is 1. The number of ether oxygens (including phenoxy) is 2. The molecule has 9 nitrogen and oxygen atoms in total. The summed E-state index contributed by atoms with van der Waals surface area (Å²) in [7, 11) is 2.16. The molecule has 43 heavy (non-hydrogen) atoms. The van der Waals surface area contributed by atoms with Crippen molar-refractivity contribution >= 4 is 11.9 Å². The normalized spacial score (nSPS) is 25.7. The number of rotatable bonds is 5. The van der Waals surface area contributed by atoms with E-state index >= 15 is 0 Å². The predicted octanol–water partition coefficient (Wildman–Crippen LogP) is 4.95. The summed E-state index contributed by atoms with van der Waals surface area (Å²) in [4.78, 5) is 29.5. The largest absolute Gasteiger partial charge is 0.462 e. The zero-order chi connectivity index (χ0) is 30.2. The minimum atomic E-state index is -0.591. The van der Waals surface area contributed by atoms with Gasteiger partial charge in [-0.05, 0) is 102 Å². The fourth-order valence-corrected chi connectivity index (χ4v) is 7.54. The molecule has 3 atom stereocenters. The van der Waals surface area contributed by atoms with E-state index in [2.05, 4.69) is 47.2 Å². The Hall–Kier alpha value is -3.38. The van der Waals surface area contributed by atoms with Crippen LogP contribution in [0.25, 0.3) is 0 Å². The van der Waals surface area contributed by atoms with Crippen LogP contribution in [-0.4, -0.2) is 83.4 Å². The van der Waals surface area contributed by atoms with Gasteiger partial charge in [-0.3, -0.25) is 0 Å². The Bertz CT molecular complexity index is 1380. The number of benzene rings is 1. The minimum absolute atomic E-state index is 0.203. The van der Waals surface area contributed by atoms with Gasteiger partial charge in [0.05, 0.1) is 24.2 Å². The number of carbonyl (C=O) groups excluding carboxylic acids is 1. The summed E-state index contributed by atoms with van der Waals surface area (Å²) in [6.45, 7) is 8.91. The molecule has 2 aliphatic carbocycles. The number of nitrogens with zero attached hydrogens (tertiary/aromatic N) is 6. The average Bonchev–Trinajstić information content (AvgIpc) is 3.39. The lowest BCUT2D eigenvalue weighted by molar-refractivity contribution is 0.0144. The highest BCUT2D eigenvalue weighted by molar-refractivity contribution is 5.69. The number of anilines is 1. The number of amides is 1. The molecule has 230 valence electrons. The van der Waals surface area contributed by atoms with E-state index in [1.165, 1.54) is 29.5 Å². The van der Waals surface area contributed by atoms with E-state index in [4.69, 9.17) is 19.4 Å². The molecule has 2 aliphatic heterocycles. The molecule has 4 aliphatic rings. The summed E-state index contributed by atoms with van der Waals surface area (Å²) < 4.78 is 12.0. The summed E-state index contributed by atoms with van der Waals surface area (Å²) in [5, 5.41) is 9.65. The third-order valence-electron chi connectivity index (χ3n) is 9.92. The summed E-state index contributed by atoms with van der Waals surface area (Å²) in [6, 6.07) is 11.7. The Morgan fingerprint density at radius 2 is 1.86 bits per heavy atom. The first-order chi connectivity index (χ1) is 20.6. The summed E-state index contributed by atoms with van der Waals surface area (Å²) in [5.41, 5.74) is 4.89. The Kier molecular flexibility index (Phi) is 8.25. The molecule has 9 heteroatoms. The van der Waals surface area contributed by atoms with Gasteiger partial charge in [-0.25, -0.2) is 4.79 Å². The van der Waals surface area contributed by atoms with Crippen LogP contribution in [0.5, 0.6) is 6.01 Å². The van der Waals surface area contributed by atoms with Crippen LogP contribution in [0.15, 0.2) is 24.3 Å². The lowest BCUT2D eigenvalue weighted by Gasteiger charge is -2.44. The fourth-order valence-electron chi connectivity index (χ4n) is 7.54. The van der Waals surface area contributed by atoms with Gasteiger partial charge in [0, 0.05) is 31.2 Å². The molecular weight excluding hydrogens is 540 g/mol. The van der Waals surface area contributed by atoms with Crippen molar-refractivity contribution in [1.82, 2.24) is 19.8 Å². The van der Waals surface area contributed by atoms with Crippen LogP contribution in [-0.2, 0) is 30.4 Å². The van der Waals surface area contributed by atoms with Crippen LogP contribution < -0.4 is 9.64 Å². The van der Waals surface area contributed by atoms with Crippen molar-refractivity contribution in [2.24, 2.45) is 5.41 Å². The first kappa shape index (κ1) is 29.7. The Morgan fingerprint density at radius 1 is 1.07 bits per heavy atom. The van der Waals surface area contributed by atoms with E-state index in [1.54, 1.807) is 4.90 Å². The lowest BCUT2D eigenvalue weighted by Crippen LogP contribution is -2.56. The zero-order valence-electron chi connectivity index (χ0n) is 26.3. The number of aromatic nitrogens is 2. The van der Waals surface area contributed by atoms with Gasteiger partial charge < -0.3 is 24.2 Å². The van der Waals surface area contributed by atoms with Gasteiger partial charge >= 0.3 is 12.1 Å². The number of fused-ring (bicyclic) bond motifs is 2. The van der Waals surface area contributed by atoms with Crippen molar-refractivity contribution in [3.63, 3.8) is 0 Å². The van der Waals surface area contributed by atoms with E-state index in [-0.39, 0.29) is 24.0 Å². The smallest absolute Gasteiger partial charge is 0.410 e. The van der Waals surface area contributed by atoms with Gasteiger partial charge in [0.15, 0.2) is 0 Å². The van der Waals surface area contributed by atoms with Gasteiger partial charge in [-0.1, -0.05) is 24.3 Å². The maximum atomic E-state index is 13.1. The SMILES string of the molecule is CN1CCC[C@H]1COc1nc2c(c(N3CCN(C(=O)OC(C)(C)C)C(CC#N)C3)n1)CC[C@]1(CCc3ccccc3C1)C2. The molecule has 2 fully saturated rings. The third kappa shape index (κ3) is 6.45. The number of aryl methyl sites for hydroxylation is 1. The van der Waals surface area contributed by atoms with Crippen molar-refractivity contribution in [3.8, 4) is 12.1 Å². The predicted molar refractivity (Wildman–Crippen MR) is 165 cm³/mol. The number of likely N-dealkylation sites (tertiary alicyclic amines) is 1. The number of piperazine rings is 1. The van der Waals surface area contributed by atoms with Crippen LogP contribution in [0.2, 0.25) is 0 Å². The second-order valence-electron chi connectivity index (χ2n) is 14.1. The van der Waals surface area contributed by atoms with Crippen LogP contribution in [0.1, 0.15) is 75.3 Å². The van der Waals surface area contributed by atoms with E-state index < -0.39 is 5.60 Å². The Morgan fingerprint density at radius 3 is 2.60 bits per heavy atom. The molecule has 1 amide bonds. The summed E-state index contributed by atoms with van der Waals surface area (Å²) in [5.74, 6) is 0.914. The fraction of sp³-hybridized carbons (Fsp3) is 0.647. The highest BCUT2D eigenvalue weighted by Crippen LogP contribution is 2.46. The molecule has 1 spiro atoms. The van der Waals surface area contributed by atoms with Crippen molar-refractivity contribution < 1.29 is 14.3 Å². The van der Waals surface area contributed by atoms with E-state index in [9.17, 15) is 10.1 Å². The molecule has 0 N–H and O–H groups in total. The molecule has 1 aromatic carbocycles. The monoisotopic (exact) mass is 586 g/mol. The van der Waals surface area contributed by atoms with E-state index in [0.29, 0.717) is 38.3 Å². The number of carbonyl (C=O) groups is 1. The van der Waals surface area contributed by atoms with Crippen LogP contribution >= 0.6 is 0 Å². The van der Waals surface area contributed by atoms with Gasteiger partial charge in [-0.15, -0.1) is 0 Å². The van der Waals surface area contributed by atoms with Crippen LogP contribution in [0.3, 0.4) is 0 Å². The van der Waals surface area contributed by atoms with Crippen molar-refractivity contribution in [2.75, 3.05) is 44.7 Å². The molecule has 3 heterocycles. The highest BCUT2D eigenvalue weighted by Gasteiger charge is 2.41. The molecule has 2 saturated heterocycles. The molecule has 1 aromatic heterocycles. The Balaban J connectivity index is 1.28. The highest BCUT2D eigenvalue weighted by atomic mass is 16.6. The van der Waals surface area contributed by atoms with Gasteiger partial charge in [0.25, 0.3) is 0 Å². The Labute approximate surface area is 256 Å². The maximum absolute atomic E-state index is 13.1. The molecular formula is C34H46N6O3. The lowest BCUT2D eigenvalue weighted by atomic mass is 9.63. The molecule has 1 unspecified atom stereocenters. The quantitative estimate of drug-likeness (QED) is 0.486. The first-order valence-corrected chi connectivity index (χ1v) is 16.0. The maximum Gasteiger partial charge on any atom is 0.410 e. The number of hydrogen-bond acceptors (Lipinski definition) is 8. The number of hydrogen-bond donors (Lipinski definition) is 0. The topological polar surface area (TPSA) is 94.8 Å². The first-order valence-electron chi connectivity index (χ1n) is 16.0. The summed E-state index contributed by atoms with van der Waals surface area (Å²) >= 11 is 0. The zero-order valence-corrected chi connectivity index (χ0v) is 26.3.